The number of amides is 1. The van der Waals surface area contributed by atoms with Crippen molar-refractivity contribution in [2.24, 2.45) is 0 Å². The van der Waals surface area contributed by atoms with E-state index in [4.69, 9.17) is 4.74 Å². The smallest absolute Gasteiger partial charge is 0.410 e. The van der Waals surface area contributed by atoms with Gasteiger partial charge in [-0.25, -0.2) is 4.79 Å². The van der Waals surface area contributed by atoms with Gasteiger partial charge in [-0.05, 0) is 51.8 Å². The molecular weight excluding hydrogens is 498 g/mol. The molecular formula is C30H31N3O4S. The molecule has 1 aliphatic heterocycles. The van der Waals surface area contributed by atoms with Crippen LogP contribution in [-0.4, -0.2) is 46.1 Å². The molecule has 0 bridgehead atoms. The van der Waals surface area contributed by atoms with Gasteiger partial charge in [-0.3, -0.25) is 14.2 Å². The summed E-state index contributed by atoms with van der Waals surface area (Å²) >= 11 is 1.39. The number of nitrogens with one attached hydrogen (secondary N) is 1. The first-order valence-electron chi connectivity index (χ1n) is 12.8. The summed E-state index contributed by atoms with van der Waals surface area (Å²) in [6, 6.07) is 21.8. The molecule has 4 aromatic rings. The number of carbonyl (C=O) groups excluding carboxylic acids is 2. The Labute approximate surface area is 225 Å². The van der Waals surface area contributed by atoms with Gasteiger partial charge in [0, 0.05) is 36.1 Å². The molecule has 38 heavy (non-hydrogen) atoms. The first-order valence-corrected chi connectivity index (χ1v) is 13.6. The maximum Gasteiger partial charge on any atom is 0.410 e. The van der Waals surface area contributed by atoms with Crippen LogP contribution in [0.3, 0.4) is 0 Å². The van der Waals surface area contributed by atoms with Crippen molar-refractivity contribution >= 4 is 38.4 Å². The van der Waals surface area contributed by atoms with Crippen LogP contribution in [0.4, 0.5) is 9.80 Å². The largest absolute Gasteiger partial charge is 0.444 e. The van der Waals surface area contributed by atoms with E-state index in [1.165, 1.54) is 17.4 Å². The monoisotopic (exact) mass is 529 g/mol. The number of hydrogen-bond donors (Lipinski definition) is 1. The van der Waals surface area contributed by atoms with Gasteiger partial charge >= 0.3 is 6.09 Å². The Hall–Kier alpha value is -3.91. The molecule has 1 fully saturated rings. The van der Waals surface area contributed by atoms with Gasteiger partial charge in [0.05, 0.1) is 11.3 Å². The molecule has 0 radical (unpaired) electrons. The number of anilines is 1. The molecule has 196 valence electrons. The van der Waals surface area contributed by atoms with Gasteiger partial charge in [0.15, 0.2) is 5.78 Å². The third-order valence-corrected chi connectivity index (χ3v) is 7.55. The second-order valence-electron chi connectivity index (χ2n) is 10.5. The molecule has 1 atom stereocenters. The number of pyridine rings is 1. The van der Waals surface area contributed by atoms with Gasteiger partial charge in [-0.15, -0.1) is 0 Å². The van der Waals surface area contributed by atoms with E-state index in [2.05, 4.69) is 5.32 Å². The molecule has 1 saturated heterocycles. The van der Waals surface area contributed by atoms with Crippen molar-refractivity contribution in [3.05, 3.63) is 94.3 Å². The Morgan fingerprint density at radius 1 is 0.974 bits per heavy atom. The van der Waals surface area contributed by atoms with E-state index in [1.54, 1.807) is 27.7 Å². The summed E-state index contributed by atoms with van der Waals surface area (Å²) in [7, 11) is 0. The zero-order chi connectivity index (χ0) is 26.9. The van der Waals surface area contributed by atoms with Crippen LogP contribution in [0.1, 0.15) is 49.5 Å². The van der Waals surface area contributed by atoms with Gasteiger partial charge in [-0.2, -0.15) is 0 Å². The lowest BCUT2D eigenvalue weighted by atomic mass is 10.0. The molecule has 0 spiro atoms. The van der Waals surface area contributed by atoms with Crippen molar-refractivity contribution in [1.82, 2.24) is 9.47 Å². The third-order valence-electron chi connectivity index (χ3n) is 6.43. The predicted molar refractivity (Wildman–Crippen MR) is 152 cm³/mol. The molecule has 8 heteroatoms. The average Bonchev–Trinajstić information content (AvgIpc) is 3.26. The van der Waals surface area contributed by atoms with Crippen molar-refractivity contribution in [3.8, 4) is 5.69 Å². The van der Waals surface area contributed by atoms with Crippen LogP contribution >= 0.6 is 11.3 Å². The number of piperidine rings is 1. The van der Waals surface area contributed by atoms with Gasteiger partial charge < -0.3 is 15.0 Å². The van der Waals surface area contributed by atoms with Crippen molar-refractivity contribution < 1.29 is 14.3 Å². The van der Waals surface area contributed by atoms with Crippen molar-refractivity contribution in [2.75, 3.05) is 18.4 Å². The number of ether oxygens (including phenoxy) is 1. The highest BCUT2D eigenvalue weighted by Crippen LogP contribution is 2.38. The zero-order valence-corrected chi connectivity index (χ0v) is 22.6. The topological polar surface area (TPSA) is 80.6 Å². The molecule has 3 heterocycles. The molecule has 5 rings (SSSR count). The summed E-state index contributed by atoms with van der Waals surface area (Å²) in [5.41, 5.74) is 1.12. The summed E-state index contributed by atoms with van der Waals surface area (Å²) in [6.07, 6.45) is 1.33. The number of nitrogens with zero attached hydrogens (tertiary/aromatic N) is 2. The zero-order valence-electron chi connectivity index (χ0n) is 21.8. The van der Waals surface area contributed by atoms with Crippen LogP contribution in [0.15, 0.2) is 77.6 Å². The van der Waals surface area contributed by atoms with Crippen LogP contribution in [-0.2, 0) is 4.74 Å². The molecule has 2 aromatic heterocycles. The Morgan fingerprint density at radius 2 is 1.66 bits per heavy atom. The average molecular weight is 530 g/mol. The normalized spacial score (nSPS) is 15.9. The van der Waals surface area contributed by atoms with Gasteiger partial charge in [-0.1, -0.05) is 59.9 Å². The molecule has 0 unspecified atom stereocenters. The van der Waals surface area contributed by atoms with Gasteiger partial charge in [0.1, 0.15) is 15.4 Å². The number of hydrogen-bond acceptors (Lipinski definition) is 6. The number of fused-ring (bicyclic) bond motifs is 1. The van der Waals surface area contributed by atoms with E-state index in [0.717, 1.165) is 23.9 Å². The number of rotatable bonds is 5. The summed E-state index contributed by atoms with van der Waals surface area (Å²) in [5.74, 6) is -0.114. The lowest BCUT2D eigenvalue weighted by Gasteiger charge is -2.34. The fraction of sp³-hybridized carbons (Fsp3) is 0.300. The summed E-state index contributed by atoms with van der Waals surface area (Å²) < 4.78 is 7.24. The Morgan fingerprint density at radius 3 is 2.34 bits per heavy atom. The summed E-state index contributed by atoms with van der Waals surface area (Å²) in [6.45, 7) is 6.66. The summed E-state index contributed by atoms with van der Waals surface area (Å²) in [5, 5.41) is 4.98. The minimum Gasteiger partial charge on any atom is -0.444 e. The fourth-order valence-corrected chi connectivity index (χ4v) is 6.03. The second-order valence-corrected chi connectivity index (χ2v) is 11.5. The minimum atomic E-state index is -0.570. The van der Waals surface area contributed by atoms with E-state index in [1.807, 2.05) is 69.3 Å². The highest BCUT2D eigenvalue weighted by molar-refractivity contribution is 7.23. The molecule has 0 aliphatic carbocycles. The Balaban J connectivity index is 1.57. The fourth-order valence-electron chi connectivity index (χ4n) is 4.74. The number of carbonyl (C=O) groups is 2. The maximum absolute atomic E-state index is 13.8. The number of para-hydroxylation sites is 1. The lowest BCUT2D eigenvalue weighted by Crippen LogP contribution is -2.47. The van der Waals surface area contributed by atoms with E-state index in [9.17, 15) is 14.4 Å². The van der Waals surface area contributed by atoms with Crippen LogP contribution in [0.2, 0.25) is 0 Å². The first kappa shape index (κ1) is 25.7. The number of benzene rings is 2. The highest BCUT2D eigenvalue weighted by Gasteiger charge is 2.30. The second kappa shape index (κ2) is 10.5. The van der Waals surface area contributed by atoms with Crippen LogP contribution < -0.4 is 10.9 Å². The number of aromatic nitrogens is 1. The summed E-state index contributed by atoms with van der Waals surface area (Å²) in [4.78, 5) is 42.0. The van der Waals surface area contributed by atoms with Crippen LogP contribution in [0.25, 0.3) is 15.9 Å². The lowest BCUT2D eigenvalue weighted by molar-refractivity contribution is 0.0206. The van der Waals surface area contributed by atoms with Crippen molar-refractivity contribution in [1.29, 1.82) is 0 Å². The van der Waals surface area contributed by atoms with E-state index in [-0.39, 0.29) is 23.5 Å². The standard InChI is InChI=1S/C30H31N3O4S/c1-30(2,3)37-29(36)32-18-10-13-21(19-32)31-27-25(26(35)20-11-6-4-7-12-20)23-16-17-24(34)33(28(23)38-27)22-14-8-5-9-15-22/h4-9,11-12,14-17,21,31H,10,13,18-19H2,1-3H3/t21-/m0/s1. The molecule has 1 amide bonds. The molecule has 1 N–H and O–H groups in total. The van der Waals surface area contributed by atoms with Gasteiger partial charge in [0.2, 0.25) is 0 Å². The minimum absolute atomic E-state index is 0.0662. The quantitative estimate of drug-likeness (QED) is 0.316. The molecule has 7 nitrogen and oxygen atoms in total. The predicted octanol–water partition coefficient (Wildman–Crippen LogP) is 6.09. The van der Waals surface area contributed by atoms with Crippen LogP contribution in [0.5, 0.6) is 0 Å². The van der Waals surface area contributed by atoms with Crippen LogP contribution in [0, 0.1) is 0 Å². The van der Waals surface area contributed by atoms with Crippen molar-refractivity contribution in [2.45, 2.75) is 45.3 Å². The third kappa shape index (κ3) is 5.36. The Bertz CT molecular complexity index is 1520. The number of ketones is 1. The van der Waals surface area contributed by atoms with E-state index >= 15 is 0 Å². The highest BCUT2D eigenvalue weighted by atomic mass is 32.1. The SMILES string of the molecule is CC(C)(C)OC(=O)N1CCC[C@H](Nc2sc3c(ccc(=O)n3-c3ccccc3)c2C(=O)c2ccccc2)C1. The maximum atomic E-state index is 13.8. The van der Waals surface area contributed by atoms with Crippen molar-refractivity contribution in [3.63, 3.8) is 0 Å². The first-order chi connectivity index (χ1) is 18.2. The van der Waals surface area contributed by atoms with E-state index < -0.39 is 5.60 Å². The molecule has 0 saturated carbocycles. The Kier molecular flexibility index (Phi) is 7.08. The van der Waals surface area contributed by atoms with E-state index in [0.29, 0.717) is 34.0 Å². The number of likely N-dealkylation sites (tertiary alicyclic amines) is 1. The van der Waals surface area contributed by atoms with Gasteiger partial charge in [0.25, 0.3) is 5.56 Å². The molecule has 2 aromatic carbocycles. The molecule has 1 aliphatic rings. The number of thiophene rings is 1.